The van der Waals surface area contributed by atoms with Crippen LogP contribution in [-0.4, -0.2) is 12.8 Å². The molecule has 0 fully saturated rings. The third-order valence-electron chi connectivity index (χ3n) is 3.12. The Morgan fingerprint density at radius 2 is 1.78 bits per heavy atom. The molecule has 18 heavy (non-hydrogen) atoms. The Labute approximate surface area is 117 Å². The van der Waals surface area contributed by atoms with Gasteiger partial charge in [-0.25, -0.2) is 0 Å². The van der Waals surface area contributed by atoms with Crippen molar-refractivity contribution >= 4 is 11.8 Å². The predicted molar refractivity (Wildman–Crippen MR) is 83.3 cm³/mol. The predicted octanol–water partition coefficient (Wildman–Crippen LogP) is 4.89. The van der Waals surface area contributed by atoms with Gasteiger partial charge in [0.2, 0.25) is 0 Å². The zero-order chi connectivity index (χ0) is 13.6. The quantitative estimate of drug-likeness (QED) is 0.735. The Morgan fingerprint density at radius 1 is 1.17 bits per heavy atom. The van der Waals surface area contributed by atoms with Crippen molar-refractivity contribution in [2.45, 2.75) is 51.5 Å². The zero-order valence-corrected chi connectivity index (χ0v) is 13.2. The maximum atomic E-state index is 3.44. The maximum Gasteiger partial charge on any atom is 0.0317 e. The molecule has 0 amide bonds. The summed E-state index contributed by atoms with van der Waals surface area (Å²) in [6, 6.07) is 9.49. The molecule has 1 nitrogen and oxygen atoms in total. The first-order chi connectivity index (χ1) is 8.46. The van der Waals surface area contributed by atoms with Crippen molar-refractivity contribution in [2.75, 3.05) is 12.8 Å². The Balaban J connectivity index is 2.64. The highest BCUT2D eigenvalue weighted by Gasteiger charge is 2.15. The van der Waals surface area contributed by atoms with Gasteiger partial charge in [-0.15, -0.1) is 11.8 Å². The van der Waals surface area contributed by atoms with Crippen LogP contribution in [0.3, 0.4) is 0 Å². The summed E-state index contributed by atoms with van der Waals surface area (Å²) in [6.45, 7) is 9.11. The van der Waals surface area contributed by atoms with Gasteiger partial charge in [-0.1, -0.05) is 39.8 Å². The summed E-state index contributed by atoms with van der Waals surface area (Å²) in [4.78, 5) is 1.37. The highest BCUT2D eigenvalue weighted by atomic mass is 32.2. The summed E-state index contributed by atoms with van der Waals surface area (Å²) >= 11 is 1.90. The standard InChI is InChI=1S/C16H27NS/c1-6-18-14-9-7-13(8-10-14)15(17-5)11-12-16(2,3)4/h7-10,15,17H,6,11-12H2,1-5H3. The third-order valence-corrected chi connectivity index (χ3v) is 4.02. The minimum atomic E-state index is 0.410. The smallest absolute Gasteiger partial charge is 0.0317 e. The zero-order valence-electron chi connectivity index (χ0n) is 12.4. The first-order valence-corrected chi connectivity index (χ1v) is 7.85. The van der Waals surface area contributed by atoms with Crippen LogP contribution in [0, 0.1) is 5.41 Å². The Bertz CT molecular complexity index is 337. The number of hydrogen-bond donors (Lipinski definition) is 1. The summed E-state index contributed by atoms with van der Waals surface area (Å²) in [5, 5.41) is 3.44. The molecule has 0 saturated carbocycles. The molecule has 1 aromatic rings. The molecular formula is C16H27NS. The maximum absolute atomic E-state index is 3.44. The Kier molecular flexibility index (Phi) is 6.24. The summed E-state index contributed by atoms with van der Waals surface area (Å²) in [7, 11) is 2.06. The lowest BCUT2D eigenvalue weighted by Gasteiger charge is -2.23. The van der Waals surface area contributed by atoms with Crippen molar-refractivity contribution in [1.82, 2.24) is 5.32 Å². The molecule has 0 heterocycles. The van der Waals surface area contributed by atoms with Crippen LogP contribution in [-0.2, 0) is 0 Å². The molecule has 0 aliphatic rings. The lowest BCUT2D eigenvalue weighted by Crippen LogP contribution is -2.18. The van der Waals surface area contributed by atoms with E-state index in [1.165, 1.54) is 23.3 Å². The molecule has 2 heteroatoms. The Morgan fingerprint density at radius 3 is 2.22 bits per heavy atom. The summed E-state index contributed by atoms with van der Waals surface area (Å²) in [5.74, 6) is 1.14. The molecule has 0 aromatic heterocycles. The second-order valence-electron chi connectivity index (χ2n) is 5.94. The van der Waals surface area contributed by atoms with E-state index < -0.39 is 0 Å². The monoisotopic (exact) mass is 265 g/mol. The minimum Gasteiger partial charge on any atom is -0.313 e. The number of hydrogen-bond acceptors (Lipinski definition) is 2. The van der Waals surface area contributed by atoms with E-state index in [9.17, 15) is 0 Å². The Hall–Kier alpha value is -0.470. The molecule has 0 radical (unpaired) electrons. The molecular weight excluding hydrogens is 238 g/mol. The van der Waals surface area contributed by atoms with E-state index in [-0.39, 0.29) is 0 Å². The molecule has 0 aliphatic carbocycles. The molecule has 1 aromatic carbocycles. The van der Waals surface area contributed by atoms with E-state index in [0.717, 1.165) is 5.75 Å². The molecule has 1 N–H and O–H groups in total. The van der Waals surface area contributed by atoms with E-state index in [0.29, 0.717) is 11.5 Å². The lowest BCUT2D eigenvalue weighted by atomic mass is 9.87. The summed E-state index contributed by atoms with van der Waals surface area (Å²) in [5.41, 5.74) is 1.81. The number of rotatable bonds is 6. The normalized spacial score (nSPS) is 13.6. The van der Waals surface area contributed by atoms with Crippen LogP contribution in [0.1, 0.15) is 52.1 Å². The van der Waals surface area contributed by atoms with E-state index >= 15 is 0 Å². The van der Waals surface area contributed by atoms with Gasteiger partial charge >= 0.3 is 0 Å². The molecule has 0 bridgehead atoms. The first-order valence-electron chi connectivity index (χ1n) is 6.86. The van der Waals surface area contributed by atoms with Crippen molar-refractivity contribution in [2.24, 2.45) is 5.41 Å². The molecule has 102 valence electrons. The van der Waals surface area contributed by atoms with Crippen LogP contribution in [0.5, 0.6) is 0 Å². The SMILES string of the molecule is CCSc1ccc(C(CCC(C)(C)C)NC)cc1. The van der Waals surface area contributed by atoms with Gasteiger partial charge in [-0.05, 0) is 48.8 Å². The minimum absolute atomic E-state index is 0.410. The van der Waals surface area contributed by atoms with Crippen molar-refractivity contribution in [1.29, 1.82) is 0 Å². The molecule has 0 saturated heterocycles. The third kappa shape index (κ3) is 5.45. The van der Waals surface area contributed by atoms with Crippen molar-refractivity contribution in [3.63, 3.8) is 0 Å². The van der Waals surface area contributed by atoms with Crippen LogP contribution in [0.4, 0.5) is 0 Å². The van der Waals surface area contributed by atoms with Gasteiger partial charge in [0.15, 0.2) is 0 Å². The summed E-state index contributed by atoms with van der Waals surface area (Å²) < 4.78 is 0. The molecule has 0 spiro atoms. The highest BCUT2D eigenvalue weighted by molar-refractivity contribution is 7.99. The van der Waals surface area contributed by atoms with Gasteiger partial charge < -0.3 is 5.32 Å². The van der Waals surface area contributed by atoms with Crippen molar-refractivity contribution < 1.29 is 0 Å². The second kappa shape index (κ2) is 7.20. The van der Waals surface area contributed by atoms with Crippen molar-refractivity contribution in [3.05, 3.63) is 29.8 Å². The van der Waals surface area contributed by atoms with Crippen LogP contribution in [0.2, 0.25) is 0 Å². The van der Waals surface area contributed by atoms with Gasteiger partial charge in [0.1, 0.15) is 0 Å². The fourth-order valence-corrected chi connectivity index (χ4v) is 2.68. The van der Waals surface area contributed by atoms with E-state index in [2.05, 4.69) is 64.3 Å². The van der Waals surface area contributed by atoms with Crippen LogP contribution in [0.15, 0.2) is 29.2 Å². The van der Waals surface area contributed by atoms with E-state index in [1.807, 2.05) is 11.8 Å². The van der Waals surface area contributed by atoms with Gasteiger partial charge in [0.25, 0.3) is 0 Å². The number of nitrogens with one attached hydrogen (secondary N) is 1. The fourth-order valence-electron chi connectivity index (χ4n) is 2.02. The fraction of sp³-hybridized carbons (Fsp3) is 0.625. The van der Waals surface area contributed by atoms with Crippen LogP contribution < -0.4 is 5.32 Å². The molecule has 0 aliphatic heterocycles. The van der Waals surface area contributed by atoms with Crippen molar-refractivity contribution in [3.8, 4) is 0 Å². The average Bonchev–Trinajstić information content (AvgIpc) is 2.31. The average molecular weight is 265 g/mol. The largest absolute Gasteiger partial charge is 0.313 e. The second-order valence-corrected chi connectivity index (χ2v) is 7.28. The number of benzene rings is 1. The molecule has 1 atom stereocenters. The molecule has 1 unspecified atom stereocenters. The van der Waals surface area contributed by atoms with E-state index in [4.69, 9.17) is 0 Å². The van der Waals surface area contributed by atoms with Crippen LogP contribution >= 0.6 is 11.8 Å². The highest BCUT2D eigenvalue weighted by Crippen LogP contribution is 2.28. The molecule has 1 rings (SSSR count). The van der Waals surface area contributed by atoms with Gasteiger partial charge in [-0.2, -0.15) is 0 Å². The van der Waals surface area contributed by atoms with Gasteiger partial charge in [0, 0.05) is 10.9 Å². The van der Waals surface area contributed by atoms with Crippen LogP contribution in [0.25, 0.3) is 0 Å². The first kappa shape index (κ1) is 15.6. The number of thioether (sulfide) groups is 1. The van der Waals surface area contributed by atoms with E-state index in [1.54, 1.807) is 0 Å². The lowest BCUT2D eigenvalue weighted by molar-refractivity contribution is 0.338. The summed E-state index contributed by atoms with van der Waals surface area (Å²) in [6.07, 6.45) is 2.43. The van der Waals surface area contributed by atoms with Gasteiger partial charge in [-0.3, -0.25) is 0 Å². The van der Waals surface area contributed by atoms with Gasteiger partial charge in [0.05, 0.1) is 0 Å². The topological polar surface area (TPSA) is 12.0 Å².